The average Bonchev–Trinajstić information content (AvgIpc) is 3.48. The summed E-state index contributed by atoms with van der Waals surface area (Å²) in [6.07, 6.45) is 2.38. The number of cyclic esters (lactones) is 1. The third-order valence-electron chi connectivity index (χ3n) is 7.18. The number of fused-ring (bicyclic) bond motifs is 1. The fraction of sp³-hybridized carbons (Fsp3) is 0.545. The summed E-state index contributed by atoms with van der Waals surface area (Å²) >= 11 is 0.926. The van der Waals surface area contributed by atoms with Gasteiger partial charge >= 0.3 is 5.97 Å². The minimum atomic E-state index is -3.46. The minimum Gasteiger partial charge on any atom is -0.457 e. The number of amides is 1. The van der Waals surface area contributed by atoms with E-state index in [-0.39, 0.29) is 40.6 Å². The molecule has 1 spiro atoms. The number of carbonyl (C=O) groups is 2. The van der Waals surface area contributed by atoms with E-state index in [9.17, 15) is 23.1 Å². The molecule has 10 nitrogen and oxygen atoms in total. The molecule has 13 heteroatoms. The Balaban J connectivity index is 0.00000289. The molecule has 0 aliphatic carbocycles. The second kappa shape index (κ2) is 9.40. The SMILES string of the molecule is Cc1c([C@@H](O)CN2CCC3(CC2)CC(=O)N(c2nnc(S(C)(=O)=O)s2)C3)ccc2c1COC2=O.Cl. The molecule has 1 amide bonds. The lowest BCUT2D eigenvalue weighted by Gasteiger charge is -2.39. The number of aliphatic hydroxyl groups excluding tert-OH is 1. The molecule has 2 saturated heterocycles. The second-order valence-corrected chi connectivity index (χ2v) is 12.6. The summed E-state index contributed by atoms with van der Waals surface area (Å²) in [5, 5.41) is 18.9. The summed E-state index contributed by atoms with van der Waals surface area (Å²) < 4.78 is 28.4. The van der Waals surface area contributed by atoms with Crippen LogP contribution in [-0.2, 0) is 26.0 Å². The zero-order valence-corrected chi connectivity index (χ0v) is 21.8. The van der Waals surface area contributed by atoms with Gasteiger partial charge in [-0.05, 0) is 55.5 Å². The lowest BCUT2D eigenvalue weighted by molar-refractivity contribution is -0.118. The van der Waals surface area contributed by atoms with Crippen LogP contribution in [0, 0.1) is 12.3 Å². The molecule has 4 heterocycles. The van der Waals surface area contributed by atoms with Crippen molar-refractivity contribution in [1.29, 1.82) is 0 Å². The Labute approximate surface area is 213 Å². The van der Waals surface area contributed by atoms with E-state index in [1.807, 2.05) is 6.92 Å². The van der Waals surface area contributed by atoms with E-state index in [4.69, 9.17) is 4.74 Å². The van der Waals surface area contributed by atoms with Crippen LogP contribution < -0.4 is 4.90 Å². The lowest BCUT2D eigenvalue weighted by Crippen LogP contribution is -2.43. The topological polar surface area (TPSA) is 130 Å². The zero-order chi connectivity index (χ0) is 24.3. The molecule has 3 aliphatic heterocycles. The lowest BCUT2D eigenvalue weighted by atomic mass is 9.77. The first-order valence-corrected chi connectivity index (χ1v) is 13.8. The summed E-state index contributed by atoms with van der Waals surface area (Å²) in [7, 11) is -3.46. The minimum absolute atomic E-state index is 0. The van der Waals surface area contributed by atoms with E-state index in [1.54, 1.807) is 17.0 Å². The molecule has 1 atom stereocenters. The second-order valence-electron chi connectivity index (χ2n) is 9.48. The number of anilines is 1. The third-order valence-corrected chi connectivity index (χ3v) is 9.79. The molecule has 1 aromatic heterocycles. The van der Waals surface area contributed by atoms with Gasteiger partial charge in [-0.15, -0.1) is 22.6 Å². The number of benzene rings is 1. The summed E-state index contributed by atoms with van der Waals surface area (Å²) in [5.41, 5.74) is 2.93. The van der Waals surface area contributed by atoms with E-state index in [0.717, 1.165) is 60.2 Å². The predicted octanol–water partition coefficient (Wildman–Crippen LogP) is 1.89. The van der Waals surface area contributed by atoms with Crippen LogP contribution in [0.2, 0.25) is 0 Å². The van der Waals surface area contributed by atoms with Crippen LogP contribution in [0.25, 0.3) is 0 Å². The van der Waals surface area contributed by atoms with Gasteiger partial charge in [-0.3, -0.25) is 9.69 Å². The normalized spacial score (nSPS) is 20.6. The van der Waals surface area contributed by atoms with Crippen LogP contribution in [0.3, 0.4) is 0 Å². The first-order chi connectivity index (χ1) is 16.1. The molecule has 0 saturated carbocycles. The van der Waals surface area contributed by atoms with Gasteiger partial charge in [0.15, 0.2) is 0 Å². The number of rotatable bonds is 5. The maximum Gasteiger partial charge on any atom is 0.338 e. The Morgan fingerprint density at radius 3 is 2.60 bits per heavy atom. The van der Waals surface area contributed by atoms with Crippen LogP contribution in [0.5, 0.6) is 0 Å². The summed E-state index contributed by atoms with van der Waals surface area (Å²) in [6.45, 7) is 4.61. The van der Waals surface area contributed by atoms with Gasteiger partial charge in [0.2, 0.25) is 25.2 Å². The number of hydrogen-bond donors (Lipinski definition) is 1. The number of aromatic nitrogens is 2. The van der Waals surface area contributed by atoms with Gasteiger partial charge < -0.3 is 14.7 Å². The van der Waals surface area contributed by atoms with Crippen LogP contribution in [0.1, 0.15) is 52.4 Å². The molecular formula is C22H27ClN4O6S2. The highest BCUT2D eigenvalue weighted by atomic mass is 35.5. The Hall–Kier alpha value is -2.12. The average molecular weight is 543 g/mol. The van der Waals surface area contributed by atoms with Crippen LogP contribution in [0.15, 0.2) is 16.5 Å². The molecule has 5 rings (SSSR count). The first kappa shape index (κ1) is 26.0. The van der Waals surface area contributed by atoms with E-state index >= 15 is 0 Å². The molecular weight excluding hydrogens is 516 g/mol. The van der Waals surface area contributed by atoms with E-state index in [1.165, 1.54) is 0 Å². The maximum atomic E-state index is 12.7. The summed E-state index contributed by atoms with van der Waals surface area (Å²) in [4.78, 5) is 28.3. The number of nitrogens with zero attached hydrogens (tertiary/aromatic N) is 4. The molecule has 0 radical (unpaired) electrons. The number of piperidine rings is 1. The van der Waals surface area contributed by atoms with Crippen molar-refractivity contribution in [2.75, 3.05) is 37.3 Å². The monoisotopic (exact) mass is 542 g/mol. The number of β-amino-alcohol motifs (C(OH)–C–C–N with tert-alkyl or cyclic N) is 1. The molecule has 0 unspecified atom stereocenters. The van der Waals surface area contributed by atoms with Crippen molar-refractivity contribution in [1.82, 2.24) is 15.1 Å². The summed E-state index contributed by atoms with van der Waals surface area (Å²) in [6, 6.07) is 3.53. The number of ether oxygens (including phenoxy) is 1. The van der Waals surface area contributed by atoms with Gasteiger partial charge in [0, 0.05) is 31.3 Å². The number of sulfone groups is 1. The molecule has 1 N–H and O–H groups in total. The van der Waals surface area contributed by atoms with Crippen molar-refractivity contribution < 1.29 is 27.9 Å². The number of likely N-dealkylation sites (tertiary alicyclic amines) is 1. The van der Waals surface area contributed by atoms with E-state index in [2.05, 4.69) is 15.1 Å². The smallest absolute Gasteiger partial charge is 0.338 e. The fourth-order valence-corrected chi connectivity index (χ4v) is 6.76. The highest BCUT2D eigenvalue weighted by Gasteiger charge is 2.46. The fourth-order valence-electron chi connectivity index (χ4n) is 5.15. The highest BCUT2D eigenvalue weighted by Crippen LogP contribution is 2.43. The van der Waals surface area contributed by atoms with Crippen molar-refractivity contribution in [2.24, 2.45) is 5.41 Å². The Morgan fingerprint density at radius 2 is 1.94 bits per heavy atom. The van der Waals surface area contributed by atoms with Gasteiger partial charge in [0.05, 0.1) is 11.7 Å². The Morgan fingerprint density at radius 1 is 1.23 bits per heavy atom. The van der Waals surface area contributed by atoms with Crippen molar-refractivity contribution in [3.63, 3.8) is 0 Å². The van der Waals surface area contributed by atoms with Crippen molar-refractivity contribution in [2.45, 2.75) is 43.2 Å². The quantitative estimate of drug-likeness (QED) is 0.444. The molecule has 0 bridgehead atoms. The number of hydrogen-bond acceptors (Lipinski definition) is 10. The van der Waals surface area contributed by atoms with Crippen molar-refractivity contribution in [3.8, 4) is 0 Å². The number of halogens is 1. The number of aliphatic hydroxyl groups is 1. The zero-order valence-electron chi connectivity index (χ0n) is 19.4. The molecule has 35 heavy (non-hydrogen) atoms. The van der Waals surface area contributed by atoms with Crippen LogP contribution in [0.4, 0.5) is 5.13 Å². The Bertz CT molecular complexity index is 1270. The number of carbonyl (C=O) groups excluding carboxylic acids is 2. The molecule has 1 aromatic carbocycles. The Kier molecular flexibility index (Phi) is 6.97. The molecule has 2 fully saturated rings. The van der Waals surface area contributed by atoms with Gasteiger partial charge in [-0.2, -0.15) is 0 Å². The first-order valence-electron chi connectivity index (χ1n) is 11.1. The van der Waals surface area contributed by atoms with Gasteiger partial charge in [0.1, 0.15) is 6.61 Å². The molecule has 2 aromatic rings. The maximum absolute atomic E-state index is 12.7. The van der Waals surface area contributed by atoms with Crippen molar-refractivity contribution >= 4 is 50.6 Å². The predicted molar refractivity (Wildman–Crippen MR) is 131 cm³/mol. The largest absolute Gasteiger partial charge is 0.457 e. The van der Waals surface area contributed by atoms with Crippen molar-refractivity contribution in [3.05, 3.63) is 34.4 Å². The molecule has 190 valence electrons. The van der Waals surface area contributed by atoms with E-state index in [0.29, 0.717) is 30.2 Å². The number of esters is 1. The third kappa shape index (κ3) is 4.82. The standard InChI is InChI=1S/C22H26N4O6S2.ClH/c1-13-14(3-4-15-16(13)11-32-19(15)29)17(27)10-25-7-5-22(6-8-25)9-18(28)26(12-22)20-23-24-21(33-20)34(2,30)31;/h3-4,17,27H,5-12H2,1-2H3;1H/t17-;/m0./s1. The van der Waals surface area contributed by atoms with Crippen LogP contribution in [-0.4, -0.2) is 72.9 Å². The van der Waals surface area contributed by atoms with Gasteiger partial charge in [-0.25, -0.2) is 13.2 Å². The van der Waals surface area contributed by atoms with E-state index < -0.39 is 15.9 Å². The van der Waals surface area contributed by atoms with Gasteiger partial charge in [0.25, 0.3) is 0 Å². The highest BCUT2D eigenvalue weighted by molar-refractivity contribution is 7.92. The summed E-state index contributed by atoms with van der Waals surface area (Å²) in [5.74, 6) is -0.378. The molecule has 3 aliphatic rings. The van der Waals surface area contributed by atoms with Gasteiger partial charge in [-0.1, -0.05) is 17.4 Å². The van der Waals surface area contributed by atoms with Crippen LogP contribution >= 0.6 is 23.7 Å².